The van der Waals surface area contributed by atoms with Crippen LogP contribution >= 0.6 is 0 Å². The van der Waals surface area contributed by atoms with Gasteiger partial charge in [-0.1, -0.05) is 54.4 Å². The first-order valence-electron chi connectivity index (χ1n) is 14.4. The molecule has 0 heterocycles. The molecule has 0 spiro atoms. The summed E-state index contributed by atoms with van der Waals surface area (Å²) >= 11 is 0. The minimum atomic E-state index is 0.0848. The summed E-state index contributed by atoms with van der Waals surface area (Å²) in [6, 6.07) is 0.0848. The van der Waals surface area contributed by atoms with E-state index in [1.165, 1.54) is 25.7 Å². The average molecular weight is 522 g/mol. The molecule has 0 rings (SSSR count). The van der Waals surface area contributed by atoms with Crippen LogP contribution in [0.3, 0.4) is 0 Å². The molecule has 0 amide bonds. The molecule has 5 atom stereocenters. The van der Waals surface area contributed by atoms with Gasteiger partial charge in [0, 0.05) is 25.9 Å². The number of ether oxygens (including phenoxy) is 6. The lowest BCUT2D eigenvalue weighted by molar-refractivity contribution is -0.0380. The van der Waals surface area contributed by atoms with E-state index >= 15 is 0 Å². The molecule has 0 aromatic heterocycles. The topological polar surface area (TPSA) is 81.4 Å². The van der Waals surface area contributed by atoms with Crippen molar-refractivity contribution in [2.24, 2.45) is 23.5 Å². The van der Waals surface area contributed by atoms with Crippen LogP contribution in [0.15, 0.2) is 0 Å². The second kappa shape index (κ2) is 27.7. The van der Waals surface area contributed by atoms with Crippen LogP contribution in [0.2, 0.25) is 0 Å². The molecule has 0 fully saturated rings. The highest BCUT2D eigenvalue weighted by Crippen LogP contribution is 2.06. The van der Waals surface area contributed by atoms with E-state index in [4.69, 9.17) is 34.2 Å². The first kappa shape index (κ1) is 37.9. The number of nitrogens with two attached hydrogens (primary N) is 1. The van der Waals surface area contributed by atoms with Crippen molar-refractivity contribution < 1.29 is 28.4 Å². The molecule has 0 saturated carbocycles. The van der Waals surface area contributed by atoms with Gasteiger partial charge in [-0.3, -0.25) is 0 Å². The maximum absolute atomic E-state index is 5.68. The van der Waals surface area contributed by atoms with Gasteiger partial charge in [0.15, 0.2) is 0 Å². The summed E-state index contributed by atoms with van der Waals surface area (Å²) in [7, 11) is 0. The number of hydrogen-bond donors (Lipinski definition) is 1. The molecule has 0 aliphatic heterocycles. The number of hydrogen-bond acceptors (Lipinski definition) is 7. The van der Waals surface area contributed by atoms with Crippen LogP contribution in [-0.2, 0) is 28.4 Å². The van der Waals surface area contributed by atoms with Crippen molar-refractivity contribution in [1.29, 1.82) is 0 Å². The molecule has 0 aromatic carbocycles. The van der Waals surface area contributed by atoms with Gasteiger partial charge in [0.2, 0.25) is 0 Å². The van der Waals surface area contributed by atoms with Crippen LogP contribution < -0.4 is 5.73 Å². The molecule has 0 saturated heterocycles. The smallest absolute Gasteiger partial charge is 0.0781 e. The molecule has 0 aliphatic carbocycles. The highest BCUT2D eigenvalue weighted by atomic mass is 16.6. The predicted octanol–water partition coefficient (Wildman–Crippen LogP) is 5.73. The van der Waals surface area contributed by atoms with Gasteiger partial charge in [-0.25, -0.2) is 0 Å². The van der Waals surface area contributed by atoms with Crippen LogP contribution in [0.1, 0.15) is 88.0 Å². The van der Waals surface area contributed by atoms with E-state index in [-0.39, 0.29) is 18.2 Å². The van der Waals surface area contributed by atoms with Gasteiger partial charge in [0.05, 0.1) is 58.5 Å². The maximum atomic E-state index is 5.68. The summed E-state index contributed by atoms with van der Waals surface area (Å²) in [4.78, 5) is 0. The maximum Gasteiger partial charge on any atom is 0.0781 e. The molecule has 5 unspecified atom stereocenters. The molecular weight excluding hydrogens is 458 g/mol. The zero-order valence-corrected chi connectivity index (χ0v) is 25.4. The van der Waals surface area contributed by atoms with E-state index in [1.807, 2.05) is 13.8 Å². The van der Waals surface area contributed by atoms with Crippen LogP contribution in [0.25, 0.3) is 0 Å². The van der Waals surface area contributed by atoms with E-state index in [0.717, 1.165) is 19.8 Å². The molecule has 7 nitrogen and oxygen atoms in total. The lowest BCUT2D eigenvalue weighted by Crippen LogP contribution is -2.26. The Hall–Kier alpha value is -0.280. The Bertz CT molecular complexity index is 425. The highest BCUT2D eigenvalue weighted by Gasteiger charge is 2.06. The Morgan fingerprint density at radius 2 is 0.917 bits per heavy atom. The quantitative estimate of drug-likeness (QED) is 0.163. The van der Waals surface area contributed by atoms with Crippen LogP contribution in [-0.4, -0.2) is 84.3 Å². The summed E-state index contributed by atoms with van der Waals surface area (Å²) < 4.78 is 33.2. The number of rotatable bonds is 24. The summed E-state index contributed by atoms with van der Waals surface area (Å²) in [6.45, 7) is 26.1. The molecule has 0 aromatic rings. The summed E-state index contributed by atoms with van der Waals surface area (Å²) in [5.74, 6) is 1.88. The SMILES string of the molecule is CC(C)COCCOC(C)COCC(C)N.CCCC(C)COCCOC(C)COCC(C)CCC. The fraction of sp³-hybridized carbons (Fsp3) is 1.00. The average Bonchev–Trinajstić information content (AvgIpc) is 2.79. The normalized spacial score (nSPS) is 15.8. The molecule has 220 valence electrons. The molecule has 2 N–H and O–H groups in total. The van der Waals surface area contributed by atoms with Crippen molar-refractivity contribution in [3.8, 4) is 0 Å². The Morgan fingerprint density at radius 1 is 0.500 bits per heavy atom. The largest absolute Gasteiger partial charge is 0.379 e. The van der Waals surface area contributed by atoms with Gasteiger partial charge < -0.3 is 34.2 Å². The zero-order valence-electron chi connectivity index (χ0n) is 25.4. The second-order valence-corrected chi connectivity index (χ2v) is 10.7. The standard InChI is InChI=1S/C17H36O3.C12H27NO3/c1-6-8-15(3)12-18-10-11-20-17(5)14-19-13-16(4)9-7-2;1-10(2)7-14-5-6-16-12(4)9-15-8-11(3)13/h15-17H,6-14H2,1-5H3;10-12H,5-9,13H2,1-4H3. The van der Waals surface area contributed by atoms with Crippen LogP contribution in [0, 0.1) is 17.8 Å². The van der Waals surface area contributed by atoms with Gasteiger partial charge in [-0.15, -0.1) is 0 Å². The second-order valence-electron chi connectivity index (χ2n) is 10.7. The van der Waals surface area contributed by atoms with Gasteiger partial charge in [-0.2, -0.15) is 0 Å². The lowest BCUT2D eigenvalue weighted by atomic mass is 10.1. The third kappa shape index (κ3) is 31.7. The molecular formula is C29H63NO6. The van der Waals surface area contributed by atoms with Gasteiger partial charge >= 0.3 is 0 Å². The first-order chi connectivity index (χ1) is 17.1. The molecule has 0 bridgehead atoms. The van der Waals surface area contributed by atoms with Crippen molar-refractivity contribution in [2.75, 3.05) is 66.1 Å². The predicted molar refractivity (Wildman–Crippen MR) is 151 cm³/mol. The molecule has 0 radical (unpaired) electrons. The summed E-state index contributed by atoms with van der Waals surface area (Å²) in [5, 5.41) is 0. The third-order valence-electron chi connectivity index (χ3n) is 5.16. The van der Waals surface area contributed by atoms with Crippen molar-refractivity contribution in [2.45, 2.75) is 106 Å². The minimum absolute atomic E-state index is 0.0848. The lowest BCUT2D eigenvalue weighted by Gasteiger charge is -2.16. The van der Waals surface area contributed by atoms with Crippen molar-refractivity contribution in [3.05, 3.63) is 0 Å². The molecule has 0 aliphatic rings. The van der Waals surface area contributed by atoms with E-state index in [9.17, 15) is 0 Å². The van der Waals surface area contributed by atoms with Crippen LogP contribution in [0.4, 0.5) is 0 Å². The highest BCUT2D eigenvalue weighted by molar-refractivity contribution is 4.54. The Labute approximate surface area is 224 Å². The van der Waals surface area contributed by atoms with Gasteiger partial charge in [0.1, 0.15) is 0 Å². The summed E-state index contributed by atoms with van der Waals surface area (Å²) in [5.41, 5.74) is 5.56. The van der Waals surface area contributed by atoms with Crippen molar-refractivity contribution in [3.63, 3.8) is 0 Å². The fourth-order valence-electron chi connectivity index (χ4n) is 3.32. The Morgan fingerprint density at radius 3 is 1.33 bits per heavy atom. The first-order valence-corrected chi connectivity index (χ1v) is 14.4. The zero-order chi connectivity index (χ0) is 27.6. The van der Waals surface area contributed by atoms with E-state index in [2.05, 4.69) is 48.5 Å². The fourth-order valence-corrected chi connectivity index (χ4v) is 3.32. The molecule has 36 heavy (non-hydrogen) atoms. The van der Waals surface area contributed by atoms with Crippen molar-refractivity contribution >= 4 is 0 Å². The minimum Gasteiger partial charge on any atom is -0.379 e. The molecule has 7 heteroatoms. The van der Waals surface area contributed by atoms with E-state index in [0.29, 0.717) is 64.0 Å². The van der Waals surface area contributed by atoms with E-state index < -0.39 is 0 Å². The van der Waals surface area contributed by atoms with Gasteiger partial charge in [-0.05, 0) is 51.4 Å². The Kier molecular flexibility index (Phi) is 29.2. The summed E-state index contributed by atoms with van der Waals surface area (Å²) in [6.07, 6.45) is 5.18. The van der Waals surface area contributed by atoms with Crippen molar-refractivity contribution in [1.82, 2.24) is 0 Å². The van der Waals surface area contributed by atoms with Gasteiger partial charge in [0.25, 0.3) is 0 Å². The van der Waals surface area contributed by atoms with Crippen LogP contribution in [0.5, 0.6) is 0 Å². The van der Waals surface area contributed by atoms with E-state index in [1.54, 1.807) is 0 Å². The Balaban J connectivity index is 0. The third-order valence-corrected chi connectivity index (χ3v) is 5.16. The monoisotopic (exact) mass is 521 g/mol.